The molecule has 292 valence electrons. The Hall–Kier alpha value is -5.09. The van der Waals surface area contributed by atoms with Gasteiger partial charge in [0, 0.05) is 55.3 Å². The van der Waals surface area contributed by atoms with Crippen LogP contribution in [0.2, 0.25) is 0 Å². The van der Waals surface area contributed by atoms with Crippen molar-refractivity contribution in [1.29, 1.82) is 0 Å². The Kier molecular flexibility index (Phi) is 14.9. The zero-order chi connectivity index (χ0) is 39.2. The number of carboxylic acids is 1. The highest BCUT2D eigenvalue weighted by molar-refractivity contribution is 5.97. The molecule has 0 bridgehead atoms. The van der Waals surface area contributed by atoms with Gasteiger partial charge in [-0.3, -0.25) is 14.4 Å². The lowest BCUT2D eigenvalue weighted by atomic mass is 9.86. The van der Waals surface area contributed by atoms with Crippen LogP contribution < -0.4 is 15.4 Å². The number of benzene rings is 3. The lowest BCUT2D eigenvalue weighted by Gasteiger charge is -2.28. The number of nitrogens with zero attached hydrogens (tertiary/aromatic N) is 2. The van der Waals surface area contributed by atoms with E-state index in [1.807, 2.05) is 60.7 Å². The summed E-state index contributed by atoms with van der Waals surface area (Å²) in [6.07, 6.45) is 11.1. The highest BCUT2D eigenvalue weighted by Gasteiger charge is 2.31. The summed E-state index contributed by atoms with van der Waals surface area (Å²) < 4.78 is 11.3. The molecule has 4 aromatic rings. The first kappa shape index (κ1) is 41.1. The molecule has 0 spiro atoms. The molecule has 10 heteroatoms. The fourth-order valence-corrected chi connectivity index (χ4v) is 6.77. The molecule has 55 heavy (non-hydrogen) atoms. The van der Waals surface area contributed by atoms with Crippen molar-refractivity contribution in [3.8, 4) is 28.3 Å². The number of carbonyl (C=O) groups excluding carboxylic acids is 2. The molecule has 2 amide bonds. The number of amides is 2. The number of rotatable bonds is 18. The summed E-state index contributed by atoms with van der Waals surface area (Å²) in [5.41, 5.74) is 4.96. The van der Waals surface area contributed by atoms with E-state index in [9.17, 15) is 19.5 Å². The van der Waals surface area contributed by atoms with Crippen LogP contribution in [0.4, 0.5) is 0 Å². The summed E-state index contributed by atoms with van der Waals surface area (Å²) >= 11 is 0. The van der Waals surface area contributed by atoms with Crippen molar-refractivity contribution in [3.05, 3.63) is 102 Å². The molecule has 1 fully saturated rings. The first-order chi connectivity index (χ1) is 26.5. The molecular formula is C45H56N4O6. The summed E-state index contributed by atoms with van der Waals surface area (Å²) in [5.74, 6) is -1.21. The van der Waals surface area contributed by atoms with Crippen LogP contribution in [-0.4, -0.2) is 65.3 Å². The van der Waals surface area contributed by atoms with E-state index in [1.165, 1.54) is 25.7 Å². The van der Waals surface area contributed by atoms with Gasteiger partial charge in [0.1, 0.15) is 11.8 Å². The predicted molar refractivity (Wildman–Crippen MR) is 215 cm³/mol. The SMILES string of the molecule is CCCCCCCOc1ccc(-c2cnc(-c3ccc(C[C@H](NC(=O)c4ccc(C(C)(C)C)cc4)C(=O)NCC(C(=O)O)C4CCOCC4)cc3)nc2)cc1. The molecule has 1 unspecified atom stereocenters. The van der Waals surface area contributed by atoms with Gasteiger partial charge < -0.3 is 25.2 Å². The summed E-state index contributed by atoms with van der Waals surface area (Å²) in [6, 6.07) is 22.0. The van der Waals surface area contributed by atoms with Gasteiger partial charge >= 0.3 is 5.97 Å². The molecule has 0 aliphatic carbocycles. The number of aromatic nitrogens is 2. The Morgan fingerprint density at radius 2 is 1.47 bits per heavy atom. The lowest BCUT2D eigenvalue weighted by molar-refractivity contribution is -0.145. The number of aliphatic carboxylic acids is 1. The third-order valence-electron chi connectivity index (χ3n) is 10.3. The fraction of sp³-hybridized carbons (Fsp3) is 0.444. The van der Waals surface area contributed by atoms with E-state index in [2.05, 4.69) is 48.3 Å². The topological polar surface area (TPSA) is 140 Å². The number of carboxylic acid groups (broad SMARTS) is 1. The molecule has 0 saturated carbocycles. The maximum Gasteiger partial charge on any atom is 0.308 e. The van der Waals surface area contributed by atoms with Crippen LogP contribution in [0.1, 0.15) is 94.1 Å². The minimum atomic E-state index is -0.955. The quantitative estimate of drug-likeness (QED) is 0.0870. The zero-order valence-corrected chi connectivity index (χ0v) is 32.7. The van der Waals surface area contributed by atoms with Crippen LogP contribution in [0, 0.1) is 11.8 Å². The molecule has 2 heterocycles. The van der Waals surface area contributed by atoms with Gasteiger partial charge in [0.15, 0.2) is 5.82 Å². The highest BCUT2D eigenvalue weighted by Crippen LogP contribution is 2.26. The molecule has 2 atom stereocenters. The number of hydrogen-bond acceptors (Lipinski definition) is 7. The van der Waals surface area contributed by atoms with Crippen molar-refractivity contribution >= 4 is 17.8 Å². The second-order valence-corrected chi connectivity index (χ2v) is 15.5. The van der Waals surface area contributed by atoms with Gasteiger partial charge in [-0.25, -0.2) is 9.97 Å². The molecule has 1 aliphatic heterocycles. The first-order valence-electron chi connectivity index (χ1n) is 19.7. The second kappa shape index (κ2) is 20.0. The average Bonchev–Trinajstić information content (AvgIpc) is 3.19. The molecule has 5 rings (SSSR count). The Morgan fingerprint density at radius 1 is 0.836 bits per heavy atom. The summed E-state index contributed by atoms with van der Waals surface area (Å²) in [6.45, 7) is 10.2. The van der Waals surface area contributed by atoms with Crippen molar-refractivity contribution in [2.24, 2.45) is 11.8 Å². The van der Waals surface area contributed by atoms with E-state index in [4.69, 9.17) is 9.47 Å². The monoisotopic (exact) mass is 748 g/mol. The largest absolute Gasteiger partial charge is 0.494 e. The van der Waals surface area contributed by atoms with Crippen LogP contribution in [0.25, 0.3) is 22.5 Å². The van der Waals surface area contributed by atoms with Crippen LogP contribution in [-0.2, 0) is 26.2 Å². The van der Waals surface area contributed by atoms with E-state index in [0.29, 0.717) is 37.4 Å². The highest BCUT2D eigenvalue weighted by atomic mass is 16.5. The molecule has 10 nitrogen and oxygen atoms in total. The maximum absolute atomic E-state index is 13.7. The Balaban J connectivity index is 1.24. The predicted octanol–water partition coefficient (Wildman–Crippen LogP) is 8.04. The van der Waals surface area contributed by atoms with E-state index in [1.54, 1.807) is 24.5 Å². The van der Waals surface area contributed by atoms with Crippen molar-refractivity contribution in [2.45, 2.75) is 90.5 Å². The summed E-state index contributed by atoms with van der Waals surface area (Å²) in [4.78, 5) is 48.5. The standard InChI is InChI=1S/C45H56N4O6/c1-5-6-7-8-9-24-55-38-20-16-32(17-21-38)36-28-46-41(47-29-36)34-12-10-31(11-13-34)27-40(49-42(50)35-14-18-37(19-15-35)45(2,3)4)43(51)48-30-39(44(52)53)33-22-25-54-26-23-33/h10-21,28-29,33,39-40H,5-9,22-27,30H2,1-4H3,(H,48,51)(H,49,50)(H,52,53)/t39?,40-/m0/s1. The number of carbonyl (C=O) groups is 3. The van der Waals surface area contributed by atoms with Gasteiger partial charge in [-0.05, 0) is 71.6 Å². The molecule has 1 saturated heterocycles. The molecule has 3 N–H and O–H groups in total. The third kappa shape index (κ3) is 12.2. The second-order valence-electron chi connectivity index (χ2n) is 15.5. The van der Waals surface area contributed by atoms with E-state index < -0.39 is 23.8 Å². The summed E-state index contributed by atoms with van der Waals surface area (Å²) in [5, 5.41) is 15.7. The van der Waals surface area contributed by atoms with Gasteiger partial charge in [0.2, 0.25) is 5.91 Å². The minimum absolute atomic E-state index is 0.0329. The van der Waals surface area contributed by atoms with Crippen molar-refractivity contribution in [2.75, 3.05) is 26.4 Å². The number of hydrogen-bond donors (Lipinski definition) is 3. The van der Waals surface area contributed by atoms with Gasteiger partial charge in [-0.2, -0.15) is 0 Å². The van der Waals surface area contributed by atoms with Crippen LogP contribution in [0.3, 0.4) is 0 Å². The molecular weight excluding hydrogens is 693 g/mol. The van der Waals surface area contributed by atoms with Crippen molar-refractivity contribution < 1.29 is 29.0 Å². The van der Waals surface area contributed by atoms with E-state index in [0.717, 1.165) is 46.6 Å². The molecule has 0 radical (unpaired) electrons. The normalized spacial score (nSPS) is 14.5. The number of ether oxygens (including phenoxy) is 2. The molecule has 3 aromatic carbocycles. The summed E-state index contributed by atoms with van der Waals surface area (Å²) in [7, 11) is 0. The lowest BCUT2D eigenvalue weighted by Crippen LogP contribution is -2.50. The van der Waals surface area contributed by atoms with Gasteiger partial charge in [-0.15, -0.1) is 0 Å². The van der Waals surface area contributed by atoms with Crippen LogP contribution in [0.15, 0.2) is 85.2 Å². The number of nitrogens with one attached hydrogen (secondary N) is 2. The third-order valence-corrected chi connectivity index (χ3v) is 10.3. The molecule has 1 aromatic heterocycles. The van der Waals surface area contributed by atoms with Crippen molar-refractivity contribution in [1.82, 2.24) is 20.6 Å². The first-order valence-corrected chi connectivity index (χ1v) is 19.7. The van der Waals surface area contributed by atoms with Gasteiger partial charge in [0.25, 0.3) is 5.91 Å². The Bertz CT molecular complexity index is 1810. The van der Waals surface area contributed by atoms with E-state index in [-0.39, 0.29) is 30.2 Å². The Labute approximate surface area is 325 Å². The minimum Gasteiger partial charge on any atom is -0.494 e. The Morgan fingerprint density at radius 3 is 2.09 bits per heavy atom. The smallest absolute Gasteiger partial charge is 0.308 e. The van der Waals surface area contributed by atoms with Crippen LogP contribution >= 0.6 is 0 Å². The fourth-order valence-electron chi connectivity index (χ4n) is 6.77. The number of unbranched alkanes of at least 4 members (excludes halogenated alkanes) is 4. The van der Waals surface area contributed by atoms with Crippen molar-refractivity contribution in [3.63, 3.8) is 0 Å². The molecule has 1 aliphatic rings. The average molecular weight is 749 g/mol. The zero-order valence-electron chi connectivity index (χ0n) is 32.7. The van der Waals surface area contributed by atoms with E-state index >= 15 is 0 Å². The van der Waals surface area contributed by atoms with Gasteiger partial charge in [0.05, 0.1) is 12.5 Å². The van der Waals surface area contributed by atoms with Crippen LogP contribution in [0.5, 0.6) is 5.75 Å². The maximum atomic E-state index is 13.7. The van der Waals surface area contributed by atoms with Gasteiger partial charge in [-0.1, -0.05) is 102 Å².